The van der Waals surface area contributed by atoms with E-state index in [1.807, 2.05) is 4.98 Å². The second-order valence-corrected chi connectivity index (χ2v) is 5.57. The molecule has 0 fully saturated rings. The number of benzene rings is 1. The van der Waals surface area contributed by atoms with Crippen LogP contribution >= 0.6 is 0 Å². The highest BCUT2D eigenvalue weighted by Crippen LogP contribution is 2.09. The van der Waals surface area contributed by atoms with Gasteiger partial charge in [0.1, 0.15) is 0 Å². The van der Waals surface area contributed by atoms with Gasteiger partial charge in [0.15, 0.2) is 5.78 Å². The molecule has 0 saturated carbocycles. The summed E-state index contributed by atoms with van der Waals surface area (Å²) in [6.45, 7) is 1.12. The van der Waals surface area contributed by atoms with Crippen molar-refractivity contribution in [2.45, 2.75) is 13.5 Å². The Morgan fingerprint density at radius 3 is 2.17 bits per heavy atom. The number of rotatable bonds is 3. The van der Waals surface area contributed by atoms with Crippen LogP contribution < -0.4 is 21.3 Å². The van der Waals surface area contributed by atoms with E-state index in [1.165, 1.54) is 4.90 Å². The highest BCUT2D eigenvalue weighted by Gasteiger charge is 2.11. The zero-order valence-corrected chi connectivity index (χ0v) is 13.7. The van der Waals surface area contributed by atoms with E-state index >= 15 is 0 Å². The topological polar surface area (TPSA) is 99.4 Å². The lowest BCUT2D eigenvalue weighted by molar-refractivity contribution is -0.836. The van der Waals surface area contributed by atoms with Gasteiger partial charge in [0.2, 0.25) is 0 Å². The van der Waals surface area contributed by atoms with Gasteiger partial charge >= 0.3 is 5.69 Å². The van der Waals surface area contributed by atoms with E-state index in [0.29, 0.717) is 0 Å². The second kappa shape index (κ2) is 8.09. The molecule has 0 atom stereocenters. The Kier molecular flexibility index (Phi) is 6.47. The Bertz CT molecular complexity index is 773. The van der Waals surface area contributed by atoms with Gasteiger partial charge in [0.05, 0.1) is 33.3 Å². The van der Waals surface area contributed by atoms with E-state index in [-0.39, 0.29) is 6.54 Å². The van der Waals surface area contributed by atoms with Crippen molar-refractivity contribution in [1.29, 1.82) is 0 Å². The summed E-state index contributed by atoms with van der Waals surface area (Å²) in [5.41, 5.74) is -1.55. The first-order chi connectivity index (χ1) is 10.7. The van der Waals surface area contributed by atoms with Crippen molar-refractivity contribution in [2.75, 3.05) is 21.1 Å². The molecule has 2 rings (SSSR count). The number of carbonyl (C=O) groups is 1. The summed E-state index contributed by atoms with van der Waals surface area (Å²) in [5.74, 6) is -1.52. The number of aromatic nitrogens is 2. The van der Waals surface area contributed by atoms with E-state index < -0.39 is 28.5 Å². The van der Waals surface area contributed by atoms with E-state index in [4.69, 9.17) is 0 Å². The zero-order valence-electron chi connectivity index (χ0n) is 13.7. The van der Waals surface area contributed by atoms with Gasteiger partial charge in [0, 0.05) is 0 Å². The molecule has 0 bridgehead atoms. The van der Waals surface area contributed by atoms with Crippen LogP contribution in [-0.2, 0) is 6.54 Å². The molecule has 1 aromatic heterocycles. The third-order valence-electron chi connectivity index (χ3n) is 2.69. The molecule has 1 aromatic carbocycles. The number of aromatic amines is 1. The fourth-order valence-corrected chi connectivity index (χ4v) is 1.77. The van der Waals surface area contributed by atoms with Crippen LogP contribution in [0.15, 0.2) is 39.9 Å². The van der Waals surface area contributed by atoms with Gasteiger partial charge in [-0.25, -0.2) is 4.79 Å². The quantitative estimate of drug-likeness (QED) is 0.681. The lowest BCUT2D eigenvalue weighted by Crippen LogP contribution is -3.02. The van der Waals surface area contributed by atoms with Gasteiger partial charge in [-0.05, 0) is 18.4 Å². The minimum atomic E-state index is -0.938. The molecule has 124 valence electrons. The van der Waals surface area contributed by atoms with Crippen molar-refractivity contribution in [3.05, 3.63) is 62.3 Å². The summed E-state index contributed by atoms with van der Waals surface area (Å²) in [7, 11) is 6.25. The minimum absolute atomic E-state index is 0.00949. The molecule has 2 N–H and O–H groups in total. The first kappa shape index (κ1) is 18.4. The second-order valence-electron chi connectivity index (χ2n) is 5.57. The fraction of sp³-hybridized carbons (Fsp3) is 0.312. The van der Waals surface area contributed by atoms with Crippen molar-refractivity contribution in [1.82, 2.24) is 9.55 Å². The van der Waals surface area contributed by atoms with Crippen LogP contribution in [0, 0.1) is 0 Å². The molecular weight excluding hydrogens is 298 g/mol. The van der Waals surface area contributed by atoms with Crippen molar-refractivity contribution < 1.29 is 14.8 Å². The first-order valence-electron chi connectivity index (χ1n) is 7.09. The number of Topliss-reactive ketones (excluding diaryl/α,β-unsaturated/α-hetero) is 1. The number of hydrogen-bond acceptors (Lipinski definition) is 4. The minimum Gasteiger partial charge on any atom is -0.859 e. The molecule has 23 heavy (non-hydrogen) atoms. The molecular formula is C16H21N3O4. The highest BCUT2D eigenvalue weighted by atomic mass is 16.3. The third kappa shape index (κ3) is 5.23. The van der Waals surface area contributed by atoms with Crippen molar-refractivity contribution in [3.8, 4) is 5.88 Å². The predicted octanol–water partition coefficient (Wildman–Crippen LogP) is -1.38. The van der Waals surface area contributed by atoms with Crippen molar-refractivity contribution in [3.63, 3.8) is 0 Å². The summed E-state index contributed by atoms with van der Waals surface area (Å²) in [6, 6.07) is 8.82. The van der Waals surface area contributed by atoms with Crippen LogP contribution in [0.2, 0.25) is 0 Å². The lowest BCUT2D eigenvalue weighted by atomic mass is 10.2. The SMILES string of the molecule is CC(=O)c1c([O-])n(Cc2ccccc2)c(=O)[nH]c1=O.C[NH+](C)C. The number of nitrogens with one attached hydrogen (secondary N) is 2. The molecule has 0 unspecified atom stereocenters. The number of nitrogens with zero attached hydrogens (tertiary/aromatic N) is 1. The molecule has 0 aliphatic heterocycles. The van der Waals surface area contributed by atoms with Gasteiger partial charge < -0.3 is 14.6 Å². The summed E-state index contributed by atoms with van der Waals surface area (Å²) in [6.07, 6.45) is 0. The first-order valence-corrected chi connectivity index (χ1v) is 7.09. The average Bonchev–Trinajstić information content (AvgIpc) is 2.43. The average molecular weight is 319 g/mol. The maximum absolute atomic E-state index is 12.0. The van der Waals surface area contributed by atoms with Gasteiger partial charge in [-0.15, -0.1) is 0 Å². The number of carbonyl (C=O) groups excluding carboxylic acids is 1. The van der Waals surface area contributed by atoms with E-state index in [9.17, 15) is 19.5 Å². The number of hydrogen-bond donors (Lipinski definition) is 2. The Labute approximate surface area is 133 Å². The van der Waals surface area contributed by atoms with E-state index in [2.05, 4.69) is 21.1 Å². The molecule has 1 heterocycles. The zero-order chi connectivity index (χ0) is 17.6. The van der Waals surface area contributed by atoms with Crippen LogP contribution in [0.4, 0.5) is 0 Å². The summed E-state index contributed by atoms with van der Waals surface area (Å²) in [5, 5.41) is 12.0. The molecule has 7 nitrogen and oxygen atoms in total. The summed E-state index contributed by atoms with van der Waals surface area (Å²) in [4.78, 5) is 37.7. The standard InChI is InChI=1S/C13H12N2O4.C3H9N/c1-8(16)10-11(17)14-13(19)15(12(10)18)7-9-5-3-2-4-6-9;1-4(2)3/h2-6,18H,7H2,1H3,(H,14,17,19);1-3H3. The normalized spacial score (nSPS) is 10.1. The highest BCUT2D eigenvalue weighted by molar-refractivity contribution is 5.95. The Hall–Kier alpha value is -2.67. The number of ketones is 1. The van der Waals surface area contributed by atoms with Crippen LogP contribution in [-0.4, -0.2) is 36.5 Å². The van der Waals surface area contributed by atoms with Crippen LogP contribution in [0.25, 0.3) is 0 Å². The molecule has 0 amide bonds. The van der Waals surface area contributed by atoms with Crippen molar-refractivity contribution >= 4 is 5.78 Å². The molecule has 0 aliphatic rings. The molecule has 0 radical (unpaired) electrons. The van der Waals surface area contributed by atoms with E-state index in [0.717, 1.165) is 17.1 Å². The molecule has 2 aromatic rings. The van der Waals surface area contributed by atoms with Crippen molar-refractivity contribution in [2.24, 2.45) is 0 Å². The number of quaternary nitrogens is 1. The van der Waals surface area contributed by atoms with Crippen LogP contribution in [0.5, 0.6) is 5.88 Å². The van der Waals surface area contributed by atoms with Gasteiger partial charge in [-0.3, -0.25) is 14.6 Å². The lowest BCUT2D eigenvalue weighted by Gasteiger charge is -2.18. The number of H-pyrrole nitrogens is 1. The van der Waals surface area contributed by atoms with Gasteiger partial charge in [-0.1, -0.05) is 30.3 Å². The maximum Gasteiger partial charge on any atom is 0.328 e. The molecule has 0 aliphatic carbocycles. The molecule has 0 spiro atoms. The Morgan fingerprint density at radius 1 is 1.17 bits per heavy atom. The smallest absolute Gasteiger partial charge is 0.328 e. The molecule has 7 heteroatoms. The van der Waals surface area contributed by atoms with Crippen LogP contribution in [0.1, 0.15) is 22.8 Å². The summed E-state index contributed by atoms with van der Waals surface area (Å²) < 4.78 is 0.841. The largest absolute Gasteiger partial charge is 0.859 e. The molecule has 0 saturated heterocycles. The van der Waals surface area contributed by atoms with Gasteiger partial charge in [0.25, 0.3) is 5.56 Å². The third-order valence-corrected chi connectivity index (χ3v) is 2.69. The predicted molar refractivity (Wildman–Crippen MR) is 85.1 cm³/mol. The monoisotopic (exact) mass is 319 g/mol. The van der Waals surface area contributed by atoms with Crippen LogP contribution in [0.3, 0.4) is 0 Å². The Balaban J connectivity index is 0.000000593. The maximum atomic E-state index is 12.0. The fourth-order valence-electron chi connectivity index (χ4n) is 1.77. The van der Waals surface area contributed by atoms with E-state index in [1.54, 1.807) is 30.3 Å². The summed E-state index contributed by atoms with van der Waals surface area (Å²) >= 11 is 0. The Morgan fingerprint density at radius 2 is 1.70 bits per heavy atom. The van der Waals surface area contributed by atoms with Gasteiger partial charge in [-0.2, -0.15) is 0 Å².